The third-order valence-corrected chi connectivity index (χ3v) is 7.15. The van der Waals surface area contributed by atoms with Gasteiger partial charge in [-0.05, 0) is 51.0 Å². The summed E-state index contributed by atoms with van der Waals surface area (Å²) in [5.74, 6) is -20.2. The van der Waals surface area contributed by atoms with E-state index in [1.807, 2.05) is 0 Å². The molecule has 0 bridgehead atoms. The third-order valence-electron chi connectivity index (χ3n) is 5.33. The lowest BCUT2D eigenvalue weighted by atomic mass is 9.91. The maximum atomic E-state index is 14.3. The average molecular weight is 499 g/mol. The highest BCUT2D eigenvalue weighted by Gasteiger charge is 2.86. The molecule has 2 rings (SSSR count). The SMILES string of the molecule is CC(C)(O)C(F)(F)C(F)(F)C(F)(F)C(F)(F)S(=O)(=O)c1ccc(N2CCCC2CO)cc1. The Morgan fingerprint density at radius 2 is 1.44 bits per heavy atom. The Bertz CT molecular complexity index is 929. The monoisotopic (exact) mass is 499 g/mol. The van der Waals surface area contributed by atoms with Gasteiger partial charge in [-0.2, -0.15) is 35.1 Å². The summed E-state index contributed by atoms with van der Waals surface area (Å²) in [5.41, 5.74) is -3.64. The maximum absolute atomic E-state index is 14.3. The molecular weight excluding hydrogens is 478 g/mol. The van der Waals surface area contributed by atoms with Crippen molar-refractivity contribution in [3.8, 4) is 0 Å². The number of sulfone groups is 1. The fourth-order valence-corrected chi connectivity index (χ4v) is 4.52. The van der Waals surface area contributed by atoms with Gasteiger partial charge in [0.2, 0.25) is 9.84 Å². The molecule has 1 atom stereocenters. The zero-order valence-corrected chi connectivity index (χ0v) is 17.6. The molecule has 0 saturated carbocycles. The molecule has 0 radical (unpaired) electrons. The Kier molecular flexibility index (Phi) is 6.62. The molecule has 1 saturated heterocycles. The quantitative estimate of drug-likeness (QED) is 0.534. The molecule has 1 aromatic carbocycles. The first-order valence-corrected chi connectivity index (χ1v) is 10.7. The summed E-state index contributed by atoms with van der Waals surface area (Å²) in [6, 6.07) is 2.43. The van der Waals surface area contributed by atoms with Crippen molar-refractivity contribution in [1.82, 2.24) is 0 Å². The number of benzene rings is 1. The fourth-order valence-electron chi connectivity index (χ4n) is 3.26. The van der Waals surface area contributed by atoms with Crippen molar-refractivity contribution in [1.29, 1.82) is 0 Å². The van der Waals surface area contributed by atoms with Gasteiger partial charge >= 0.3 is 23.0 Å². The van der Waals surface area contributed by atoms with Crippen LogP contribution in [0.5, 0.6) is 0 Å². The smallest absolute Gasteiger partial charge is 0.394 e. The van der Waals surface area contributed by atoms with E-state index in [9.17, 15) is 48.6 Å². The average Bonchev–Trinajstić information content (AvgIpc) is 3.15. The minimum Gasteiger partial charge on any atom is -0.394 e. The number of rotatable bonds is 8. The lowest BCUT2D eigenvalue weighted by Crippen LogP contribution is -2.69. The molecule has 0 aromatic heterocycles. The topological polar surface area (TPSA) is 77.8 Å². The second-order valence-electron chi connectivity index (χ2n) is 7.97. The number of hydrogen-bond acceptors (Lipinski definition) is 5. The molecular formula is C18H21F8NO4S. The first-order chi connectivity index (χ1) is 14.3. The van der Waals surface area contributed by atoms with E-state index in [-0.39, 0.29) is 32.2 Å². The lowest BCUT2D eigenvalue weighted by molar-refractivity contribution is -0.376. The van der Waals surface area contributed by atoms with Gasteiger partial charge in [0.25, 0.3) is 0 Å². The molecule has 184 valence electrons. The highest BCUT2D eigenvalue weighted by atomic mass is 32.2. The Hall–Kier alpha value is -1.67. The molecule has 1 unspecified atom stereocenters. The van der Waals surface area contributed by atoms with Crippen molar-refractivity contribution in [3.05, 3.63) is 24.3 Å². The largest absolute Gasteiger partial charge is 0.418 e. The maximum Gasteiger partial charge on any atom is 0.418 e. The summed E-state index contributed by atoms with van der Waals surface area (Å²) in [5, 5.41) is 11.8. The highest BCUT2D eigenvalue weighted by Crippen LogP contribution is 2.57. The Balaban J connectivity index is 2.48. The molecule has 0 amide bonds. The van der Waals surface area contributed by atoms with Crippen LogP contribution in [-0.4, -0.2) is 66.4 Å². The van der Waals surface area contributed by atoms with Crippen molar-refractivity contribution in [2.24, 2.45) is 0 Å². The van der Waals surface area contributed by atoms with E-state index < -0.39 is 43.4 Å². The minimum atomic E-state index is -7.10. The van der Waals surface area contributed by atoms with E-state index in [0.29, 0.717) is 31.5 Å². The van der Waals surface area contributed by atoms with E-state index in [4.69, 9.17) is 5.11 Å². The van der Waals surface area contributed by atoms with Gasteiger partial charge in [0.15, 0.2) is 0 Å². The minimum absolute atomic E-state index is 0.0135. The number of alkyl halides is 8. The first-order valence-electron chi connectivity index (χ1n) is 9.23. The number of halogens is 8. The van der Waals surface area contributed by atoms with Crippen molar-refractivity contribution in [2.75, 3.05) is 18.1 Å². The van der Waals surface area contributed by atoms with E-state index in [0.717, 1.165) is 12.1 Å². The standard InChI is InChI=1S/C18H21F8NO4S/c1-14(2,29)15(19,20)16(21,22)17(23,24)18(25,26)32(30,31)13-7-5-11(6-8-13)27-9-3-4-12(27)10-28/h5-8,12,28-29H,3-4,9-10H2,1-2H3. The summed E-state index contributed by atoms with van der Waals surface area (Å²) >= 11 is 0. The molecule has 1 fully saturated rings. The molecule has 5 nitrogen and oxygen atoms in total. The number of nitrogens with zero attached hydrogens (tertiary/aromatic N) is 1. The van der Waals surface area contributed by atoms with Crippen LogP contribution in [0.2, 0.25) is 0 Å². The van der Waals surface area contributed by atoms with Gasteiger partial charge in [-0.1, -0.05) is 0 Å². The predicted octanol–water partition coefficient (Wildman–Crippen LogP) is 3.69. The molecule has 0 spiro atoms. The van der Waals surface area contributed by atoms with Crippen LogP contribution in [0.1, 0.15) is 26.7 Å². The summed E-state index contributed by atoms with van der Waals surface area (Å²) in [6.45, 7) is 0.124. The van der Waals surface area contributed by atoms with Gasteiger partial charge < -0.3 is 15.1 Å². The Labute approximate surface area is 178 Å². The molecule has 1 heterocycles. The second-order valence-corrected chi connectivity index (χ2v) is 9.96. The van der Waals surface area contributed by atoms with Crippen LogP contribution in [0.4, 0.5) is 40.8 Å². The number of hydrogen-bond donors (Lipinski definition) is 2. The van der Waals surface area contributed by atoms with Gasteiger partial charge in [-0.25, -0.2) is 8.42 Å². The summed E-state index contributed by atoms with van der Waals surface area (Å²) < 4.78 is 137. The summed E-state index contributed by atoms with van der Waals surface area (Å²) in [7, 11) is -6.59. The van der Waals surface area contributed by atoms with E-state index >= 15 is 0 Å². The first kappa shape index (κ1) is 26.6. The second kappa shape index (κ2) is 7.97. The van der Waals surface area contributed by atoms with Gasteiger partial charge in [0, 0.05) is 12.2 Å². The molecule has 0 aliphatic carbocycles. The van der Waals surface area contributed by atoms with Crippen LogP contribution < -0.4 is 4.90 Å². The molecule has 14 heteroatoms. The van der Waals surface area contributed by atoms with Crippen molar-refractivity contribution in [2.45, 2.75) is 66.2 Å². The molecule has 32 heavy (non-hydrogen) atoms. The van der Waals surface area contributed by atoms with Crippen LogP contribution >= 0.6 is 0 Å². The van der Waals surface area contributed by atoms with Crippen LogP contribution in [-0.2, 0) is 9.84 Å². The van der Waals surface area contributed by atoms with Gasteiger partial charge in [-0.15, -0.1) is 0 Å². The number of aliphatic hydroxyl groups is 2. The molecule has 1 aliphatic rings. The predicted molar refractivity (Wildman–Crippen MR) is 97.2 cm³/mol. The molecule has 1 aliphatic heterocycles. The molecule has 1 aromatic rings. The van der Waals surface area contributed by atoms with Crippen molar-refractivity contribution < 1.29 is 53.8 Å². The van der Waals surface area contributed by atoms with Crippen LogP contribution in [0.15, 0.2) is 29.2 Å². The van der Waals surface area contributed by atoms with Gasteiger partial charge in [-0.3, -0.25) is 0 Å². The van der Waals surface area contributed by atoms with E-state index in [1.54, 1.807) is 4.90 Å². The Morgan fingerprint density at radius 1 is 0.938 bits per heavy atom. The number of aliphatic hydroxyl groups excluding tert-OH is 1. The zero-order chi connectivity index (χ0) is 25.0. The Morgan fingerprint density at radius 3 is 1.88 bits per heavy atom. The van der Waals surface area contributed by atoms with Crippen LogP contribution in [0.3, 0.4) is 0 Å². The zero-order valence-electron chi connectivity index (χ0n) is 16.8. The van der Waals surface area contributed by atoms with Crippen LogP contribution in [0.25, 0.3) is 0 Å². The fraction of sp³-hybridized carbons (Fsp3) is 0.667. The highest BCUT2D eigenvalue weighted by molar-refractivity contribution is 7.92. The van der Waals surface area contributed by atoms with Crippen LogP contribution in [0, 0.1) is 0 Å². The summed E-state index contributed by atoms with van der Waals surface area (Å²) in [6.07, 6.45) is 1.23. The van der Waals surface area contributed by atoms with Crippen molar-refractivity contribution in [3.63, 3.8) is 0 Å². The van der Waals surface area contributed by atoms with Gasteiger partial charge in [0.1, 0.15) is 5.60 Å². The normalized spacial score (nSPS) is 19.5. The number of anilines is 1. The summed E-state index contributed by atoms with van der Waals surface area (Å²) in [4.78, 5) is 0.0920. The van der Waals surface area contributed by atoms with Gasteiger partial charge in [0.05, 0.1) is 17.5 Å². The molecule has 2 N–H and O–H groups in total. The third kappa shape index (κ3) is 3.73. The van der Waals surface area contributed by atoms with Crippen molar-refractivity contribution >= 4 is 15.5 Å². The van der Waals surface area contributed by atoms with E-state index in [2.05, 4.69) is 0 Å². The van der Waals surface area contributed by atoms with E-state index in [1.165, 1.54) is 0 Å². The lowest BCUT2D eigenvalue weighted by Gasteiger charge is -2.40.